The first-order valence-corrected chi connectivity index (χ1v) is 6.45. The van der Waals surface area contributed by atoms with Crippen molar-refractivity contribution in [3.05, 3.63) is 12.2 Å². The zero-order valence-corrected chi connectivity index (χ0v) is 10.5. The molecule has 0 aliphatic carbocycles. The summed E-state index contributed by atoms with van der Waals surface area (Å²) in [6.07, 6.45) is -0.392. The van der Waals surface area contributed by atoms with Gasteiger partial charge in [-0.1, -0.05) is 13.5 Å². The van der Waals surface area contributed by atoms with E-state index in [0.29, 0.717) is 12.0 Å². The van der Waals surface area contributed by atoms with Crippen molar-refractivity contribution >= 4 is 16.1 Å². The van der Waals surface area contributed by atoms with Crippen molar-refractivity contribution in [1.29, 1.82) is 0 Å². The Morgan fingerprint density at radius 2 is 2.00 bits per heavy atom. The molecule has 16 heavy (non-hydrogen) atoms. The van der Waals surface area contributed by atoms with Crippen molar-refractivity contribution in [1.82, 2.24) is 5.48 Å². The monoisotopic (exact) mass is 251 g/mol. The third kappa shape index (κ3) is 5.84. The van der Waals surface area contributed by atoms with Gasteiger partial charge in [-0.15, -0.1) is 5.48 Å². The van der Waals surface area contributed by atoms with Gasteiger partial charge in [-0.3, -0.25) is 0 Å². The lowest BCUT2D eigenvalue weighted by molar-refractivity contribution is -0.149. The van der Waals surface area contributed by atoms with Crippen LogP contribution in [0.1, 0.15) is 27.2 Å². The van der Waals surface area contributed by atoms with Gasteiger partial charge in [0.2, 0.25) is 0 Å². The first-order valence-electron chi connectivity index (χ1n) is 4.87. The Morgan fingerprint density at radius 3 is 2.44 bits per heavy atom. The summed E-state index contributed by atoms with van der Waals surface area (Å²) < 4.78 is 31.0. The minimum Gasteiger partial charge on any atom is -0.441 e. The number of hydrogen-bond acceptors (Lipinski definition) is 6. The third-order valence-electron chi connectivity index (χ3n) is 1.69. The standard InChI is InChI=1S/C9H17NO5S/c1-5-7(3)9(11)14-8(4)10-15-16(12,13)6-2/h8,10H,3,5-6H2,1-2,4H3. The van der Waals surface area contributed by atoms with E-state index in [1.54, 1.807) is 6.92 Å². The van der Waals surface area contributed by atoms with E-state index in [1.807, 2.05) is 0 Å². The molecule has 0 aromatic carbocycles. The maximum atomic E-state index is 11.2. The summed E-state index contributed by atoms with van der Waals surface area (Å²) in [6.45, 7) is 8.14. The smallest absolute Gasteiger partial charge is 0.335 e. The fourth-order valence-electron chi connectivity index (χ4n) is 0.612. The normalized spacial score (nSPS) is 13.2. The molecule has 1 unspecified atom stereocenters. The molecular weight excluding hydrogens is 234 g/mol. The fraction of sp³-hybridized carbons (Fsp3) is 0.667. The van der Waals surface area contributed by atoms with E-state index in [2.05, 4.69) is 16.3 Å². The van der Waals surface area contributed by atoms with Crippen molar-refractivity contribution in [2.24, 2.45) is 0 Å². The van der Waals surface area contributed by atoms with Crippen LogP contribution in [-0.4, -0.2) is 26.4 Å². The van der Waals surface area contributed by atoms with Gasteiger partial charge < -0.3 is 4.74 Å². The van der Waals surface area contributed by atoms with Crippen LogP contribution in [0.2, 0.25) is 0 Å². The molecule has 1 atom stereocenters. The van der Waals surface area contributed by atoms with E-state index in [-0.39, 0.29) is 5.75 Å². The Bertz CT molecular complexity index is 349. The summed E-state index contributed by atoms with van der Waals surface area (Å²) in [7, 11) is -3.60. The van der Waals surface area contributed by atoms with Gasteiger partial charge in [0, 0.05) is 5.57 Å². The van der Waals surface area contributed by atoms with Gasteiger partial charge in [-0.05, 0) is 20.3 Å². The van der Waals surface area contributed by atoms with Crippen LogP contribution in [0.3, 0.4) is 0 Å². The Labute approximate surface area is 95.7 Å². The first kappa shape index (κ1) is 15.1. The van der Waals surface area contributed by atoms with Crippen LogP contribution >= 0.6 is 0 Å². The molecule has 0 rings (SSSR count). The first-order chi connectivity index (χ1) is 7.32. The van der Waals surface area contributed by atoms with Gasteiger partial charge in [0.1, 0.15) is 0 Å². The minimum absolute atomic E-state index is 0.164. The highest BCUT2D eigenvalue weighted by Crippen LogP contribution is 2.02. The zero-order chi connectivity index (χ0) is 12.8. The summed E-state index contributed by atoms with van der Waals surface area (Å²) in [5, 5.41) is 0. The molecule has 0 aromatic heterocycles. The van der Waals surface area contributed by atoms with Crippen LogP contribution in [0.4, 0.5) is 0 Å². The van der Waals surface area contributed by atoms with Crippen molar-refractivity contribution in [3.63, 3.8) is 0 Å². The van der Waals surface area contributed by atoms with Crippen molar-refractivity contribution < 1.29 is 22.2 Å². The van der Waals surface area contributed by atoms with Crippen LogP contribution in [0, 0.1) is 0 Å². The fourth-order valence-corrected chi connectivity index (χ4v) is 1.01. The van der Waals surface area contributed by atoms with E-state index in [4.69, 9.17) is 4.74 Å². The summed E-state index contributed by atoms with van der Waals surface area (Å²) in [5.74, 6) is -0.748. The second kappa shape index (κ2) is 6.62. The molecule has 0 saturated carbocycles. The number of hydroxylamine groups is 1. The number of carbonyl (C=O) groups is 1. The highest BCUT2D eigenvalue weighted by Gasteiger charge is 2.14. The van der Waals surface area contributed by atoms with Gasteiger partial charge >= 0.3 is 5.97 Å². The van der Waals surface area contributed by atoms with Crippen LogP contribution in [0.5, 0.6) is 0 Å². The summed E-state index contributed by atoms with van der Waals surface area (Å²) >= 11 is 0. The molecular formula is C9H17NO5S. The second-order valence-electron chi connectivity index (χ2n) is 3.05. The number of esters is 1. The van der Waals surface area contributed by atoms with E-state index >= 15 is 0 Å². The molecule has 0 saturated heterocycles. The molecule has 0 radical (unpaired) electrons. The largest absolute Gasteiger partial charge is 0.441 e. The van der Waals surface area contributed by atoms with Gasteiger partial charge in [-0.25, -0.2) is 4.79 Å². The molecule has 6 nitrogen and oxygen atoms in total. The number of carbonyl (C=O) groups excluding carboxylic acids is 1. The zero-order valence-electron chi connectivity index (χ0n) is 9.65. The Morgan fingerprint density at radius 1 is 1.44 bits per heavy atom. The van der Waals surface area contributed by atoms with Crippen molar-refractivity contribution in [2.75, 3.05) is 5.75 Å². The topological polar surface area (TPSA) is 81.7 Å². The molecule has 0 amide bonds. The molecule has 0 aliphatic rings. The van der Waals surface area contributed by atoms with Crippen molar-refractivity contribution in [2.45, 2.75) is 33.4 Å². The lowest BCUT2D eigenvalue weighted by atomic mass is 10.2. The minimum atomic E-state index is -3.60. The summed E-state index contributed by atoms with van der Waals surface area (Å²) in [5.41, 5.74) is 2.42. The molecule has 0 aliphatic heterocycles. The highest BCUT2D eigenvalue weighted by molar-refractivity contribution is 7.86. The number of hydrogen-bond donors (Lipinski definition) is 1. The van der Waals surface area contributed by atoms with Crippen LogP contribution in [0.25, 0.3) is 0 Å². The lowest BCUT2D eigenvalue weighted by Gasteiger charge is -2.14. The van der Waals surface area contributed by atoms with Crippen LogP contribution in [-0.2, 0) is 23.9 Å². The summed E-state index contributed by atoms with van der Waals surface area (Å²) in [6, 6.07) is 0. The van der Waals surface area contributed by atoms with E-state index in [0.717, 1.165) is 0 Å². The second-order valence-corrected chi connectivity index (χ2v) is 4.91. The third-order valence-corrected chi connectivity index (χ3v) is 2.75. The Balaban J connectivity index is 4.06. The molecule has 0 aromatic rings. The SMILES string of the molecule is C=C(CC)C(=O)OC(C)NOS(=O)(=O)CC. The average molecular weight is 251 g/mol. The van der Waals surface area contributed by atoms with Gasteiger partial charge in [0.15, 0.2) is 6.23 Å². The molecule has 94 valence electrons. The van der Waals surface area contributed by atoms with E-state index < -0.39 is 22.3 Å². The molecule has 7 heteroatoms. The molecule has 0 bridgehead atoms. The highest BCUT2D eigenvalue weighted by atomic mass is 32.2. The van der Waals surface area contributed by atoms with Crippen molar-refractivity contribution in [3.8, 4) is 0 Å². The van der Waals surface area contributed by atoms with Gasteiger partial charge in [-0.2, -0.15) is 12.7 Å². The lowest BCUT2D eigenvalue weighted by Crippen LogP contribution is -2.34. The number of ether oxygens (including phenoxy) is 1. The van der Waals surface area contributed by atoms with Crippen LogP contribution in [0.15, 0.2) is 12.2 Å². The molecule has 1 N–H and O–H groups in total. The summed E-state index contributed by atoms with van der Waals surface area (Å²) in [4.78, 5) is 11.2. The molecule has 0 heterocycles. The molecule has 0 fully saturated rings. The number of nitrogens with one attached hydrogen (secondary N) is 1. The predicted octanol–water partition coefficient (Wildman–Crippen LogP) is 0.713. The average Bonchev–Trinajstić information content (AvgIpc) is 2.25. The Hall–Kier alpha value is -0.920. The predicted molar refractivity (Wildman–Crippen MR) is 58.7 cm³/mol. The van der Waals surface area contributed by atoms with Crippen LogP contribution < -0.4 is 5.48 Å². The maximum Gasteiger partial charge on any atom is 0.335 e. The molecule has 0 spiro atoms. The van der Waals surface area contributed by atoms with E-state index in [9.17, 15) is 13.2 Å². The quantitative estimate of drug-likeness (QED) is 0.310. The Kier molecular flexibility index (Phi) is 6.24. The van der Waals surface area contributed by atoms with Gasteiger partial charge in [0.05, 0.1) is 5.75 Å². The van der Waals surface area contributed by atoms with E-state index in [1.165, 1.54) is 13.8 Å². The number of rotatable bonds is 7. The maximum absolute atomic E-state index is 11.2. The van der Waals surface area contributed by atoms with Gasteiger partial charge in [0.25, 0.3) is 10.1 Å².